The second-order valence-electron chi connectivity index (χ2n) is 2.17. The number of nitrogens with zero attached hydrogens (tertiary/aromatic N) is 1. The summed E-state index contributed by atoms with van der Waals surface area (Å²) in [6.07, 6.45) is 0. The average molecular weight is 187 g/mol. The molecule has 0 aromatic heterocycles. The molecule has 0 aliphatic carbocycles. The van der Waals surface area contributed by atoms with Crippen molar-refractivity contribution in [1.82, 2.24) is 0 Å². The Kier molecular flexibility index (Phi) is 2.50. The Bertz CT molecular complexity index is 314. The highest BCUT2D eigenvalue weighted by Crippen LogP contribution is 2.25. The molecule has 0 spiro atoms. The molecule has 0 atom stereocenters. The van der Waals surface area contributed by atoms with Crippen LogP contribution in [-0.2, 0) is 0 Å². The zero-order valence-electron chi connectivity index (χ0n) is 6.37. The molecule has 0 bridgehead atoms. The van der Waals surface area contributed by atoms with Gasteiger partial charge in [-0.05, 0) is 6.07 Å². The van der Waals surface area contributed by atoms with Crippen molar-refractivity contribution in [2.45, 2.75) is 0 Å². The standard InChI is InChI=1S/C7H7ClN2O2/c1-9-7-4-5(10(11)12)2-3-6(7)8/h2-4,9H,1H3. The smallest absolute Gasteiger partial charge is 0.271 e. The van der Waals surface area contributed by atoms with Crippen LogP contribution >= 0.6 is 11.6 Å². The van der Waals surface area contributed by atoms with Crippen molar-refractivity contribution in [1.29, 1.82) is 0 Å². The topological polar surface area (TPSA) is 55.2 Å². The van der Waals surface area contributed by atoms with Gasteiger partial charge in [-0.15, -0.1) is 0 Å². The van der Waals surface area contributed by atoms with Gasteiger partial charge in [-0.3, -0.25) is 10.1 Å². The van der Waals surface area contributed by atoms with Gasteiger partial charge in [0, 0.05) is 19.2 Å². The fourth-order valence-corrected chi connectivity index (χ4v) is 1.03. The van der Waals surface area contributed by atoms with Gasteiger partial charge in [-0.1, -0.05) is 11.6 Å². The summed E-state index contributed by atoms with van der Waals surface area (Å²) in [6.45, 7) is 0. The van der Waals surface area contributed by atoms with E-state index >= 15 is 0 Å². The van der Waals surface area contributed by atoms with Gasteiger partial charge in [-0.25, -0.2) is 0 Å². The van der Waals surface area contributed by atoms with Crippen LogP contribution in [0, 0.1) is 10.1 Å². The van der Waals surface area contributed by atoms with Gasteiger partial charge in [0.2, 0.25) is 0 Å². The van der Waals surface area contributed by atoms with Crippen molar-refractivity contribution in [3.63, 3.8) is 0 Å². The minimum absolute atomic E-state index is 0.0313. The molecule has 0 saturated heterocycles. The molecular formula is C7H7ClN2O2. The lowest BCUT2D eigenvalue weighted by molar-refractivity contribution is -0.384. The minimum atomic E-state index is -0.461. The highest BCUT2D eigenvalue weighted by atomic mass is 35.5. The number of nitrogens with one attached hydrogen (secondary N) is 1. The fraction of sp³-hybridized carbons (Fsp3) is 0.143. The van der Waals surface area contributed by atoms with E-state index in [4.69, 9.17) is 11.6 Å². The molecule has 0 heterocycles. The Balaban J connectivity index is 3.13. The largest absolute Gasteiger partial charge is 0.387 e. The molecular weight excluding hydrogens is 180 g/mol. The number of benzene rings is 1. The summed E-state index contributed by atoms with van der Waals surface area (Å²) in [4.78, 5) is 9.85. The van der Waals surface area contributed by atoms with Gasteiger partial charge in [0.25, 0.3) is 5.69 Å². The molecule has 64 valence electrons. The van der Waals surface area contributed by atoms with Crippen molar-refractivity contribution in [3.05, 3.63) is 33.3 Å². The Morgan fingerprint density at radius 1 is 1.58 bits per heavy atom. The van der Waals surface area contributed by atoms with E-state index in [1.54, 1.807) is 7.05 Å². The van der Waals surface area contributed by atoms with Crippen LogP contribution in [0.5, 0.6) is 0 Å². The molecule has 0 unspecified atom stereocenters. The molecule has 0 saturated carbocycles. The predicted molar refractivity (Wildman–Crippen MR) is 47.7 cm³/mol. The number of non-ortho nitro benzene ring substituents is 1. The summed E-state index contributed by atoms with van der Waals surface area (Å²) >= 11 is 5.72. The van der Waals surface area contributed by atoms with Crippen LogP contribution < -0.4 is 5.32 Å². The summed E-state index contributed by atoms with van der Waals surface area (Å²) in [5, 5.41) is 13.5. The van der Waals surface area contributed by atoms with Crippen LogP contribution in [-0.4, -0.2) is 12.0 Å². The molecule has 1 rings (SSSR count). The lowest BCUT2D eigenvalue weighted by Crippen LogP contribution is -1.92. The molecule has 1 aromatic carbocycles. The SMILES string of the molecule is CNc1cc([N+](=O)[O-])ccc1Cl. The maximum Gasteiger partial charge on any atom is 0.271 e. The van der Waals surface area contributed by atoms with Gasteiger partial charge < -0.3 is 5.32 Å². The average Bonchev–Trinajstić information content (AvgIpc) is 2.05. The zero-order valence-corrected chi connectivity index (χ0v) is 7.13. The van der Waals surface area contributed by atoms with E-state index in [-0.39, 0.29) is 5.69 Å². The van der Waals surface area contributed by atoms with E-state index in [1.807, 2.05) is 0 Å². The Hall–Kier alpha value is -1.29. The first-order valence-electron chi connectivity index (χ1n) is 3.27. The first kappa shape index (κ1) is 8.80. The van der Waals surface area contributed by atoms with Crippen molar-refractivity contribution in [3.8, 4) is 0 Å². The number of anilines is 1. The molecule has 5 heteroatoms. The van der Waals surface area contributed by atoms with Crippen LogP contribution in [0.3, 0.4) is 0 Å². The molecule has 4 nitrogen and oxygen atoms in total. The predicted octanol–water partition coefficient (Wildman–Crippen LogP) is 2.29. The first-order valence-corrected chi connectivity index (χ1v) is 3.64. The molecule has 1 aromatic rings. The molecule has 0 amide bonds. The lowest BCUT2D eigenvalue weighted by Gasteiger charge is -2.01. The molecule has 0 fully saturated rings. The van der Waals surface area contributed by atoms with E-state index in [2.05, 4.69) is 5.32 Å². The third-order valence-electron chi connectivity index (χ3n) is 1.43. The Morgan fingerprint density at radius 2 is 2.25 bits per heavy atom. The summed E-state index contributed by atoms with van der Waals surface area (Å²) in [5.74, 6) is 0. The van der Waals surface area contributed by atoms with Gasteiger partial charge >= 0.3 is 0 Å². The third kappa shape index (κ3) is 1.65. The number of nitro benzene ring substituents is 1. The quantitative estimate of drug-likeness (QED) is 0.570. The maximum atomic E-state index is 10.3. The van der Waals surface area contributed by atoms with Gasteiger partial charge in [0.05, 0.1) is 15.6 Å². The fourth-order valence-electron chi connectivity index (χ4n) is 0.818. The molecule has 1 N–H and O–H groups in total. The van der Waals surface area contributed by atoms with Crippen LogP contribution in [0.1, 0.15) is 0 Å². The molecule has 0 aliphatic rings. The number of halogens is 1. The monoisotopic (exact) mass is 186 g/mol. The zero-order chi connectivity index (χ0) is 9.14. The van der Waals surface area contributed by atoms with Gasteiger partial charge in [0.1, 0.15) is 0 Å². The van der Waals surface area contributed by atoms with Crippen molar-refractivity contribution >= 4 is 23.0 Å². The molecule has 12 heavy (non-hydrogen) atoms. The van der Waals surface area contributed by atoms with E-state index in [0.717, 1.165) is 0 Å². The summed E-state index contributed by atoms with van der Waals surface area (Å²) < 4.78 is 0. The maximum absolute atomic E-state index is 10.3. The van der Waals surface area contributed by atoms with Crippen LogP contribution in [0.15, 0.2) is 18.2 Å². The van der Waals surface area contributed by atoms with Crippen LogP contribution in [0.4, 0.5) is 11.4 Å². The summed E-state index contributed by atoms with van der Waals surface area (Å²) in [5.41, 5.74) is 0.592. The van der Waals surface area contributed by atoms with Crippen LogP contribution in [0.25, 0.3) is 0 Å². The number of hydrogen-bond donors (Lipinski definition) is 1. The normalized spacial score (nSPS) is 9.50. The second-order valence-corrected chi connectivity index (χ2v) is 2.58. The van der Waals surface area contributed by atoms with E-state index < -0.39 is 4.92 Å². The number of hydrogen-bond acceptors (Lipinski definition) is 3. The third-order valence-corrected chi connectivity index (χ3v) is 1.76. The molecule has 0 aliphatic heterocycles. The number of rotatable bonds is 2. The van der Waals surface area contributed by atoms with Crippen molar-refractivity contribution < 1.29 is 4.92 Å². The summed E-state index contributed by atoms with van der Waals surface area (Å²) in [6, 6.07) is 4.25. The lowest BCUT2D eigenvalue weighted by atomic mass is 10.3. The van der Waals surface area contributed by atoms with Crippen LogP contribution in [0.2, 0.25) is 5.02 Å². The highest BCUT2D eigenvalue weighted by molar-refractivity contribution is 6.33. The van der Waals surface area contributed by atoms with E-state index in [0.29, 0.717) is 10.7 Å². The van der Waals surface area contributed by atoms with E-state index in [9.17, 15) is 10.1 Å². The van der Waals surface area contributed by atoms with Gasteiger partial charge in [-0.2, -0.15) is 0 Å². The first-order chi connectivity index (χ1) is 5.65. The van der Waals surface area contributed by atoms with Crippen molar-refractivity contribution in [2.24, 2.45) is 0 Å². The Labute approximate surface area is 74.3 Å². The summed E-state index contributed by atoms with van der Waals surface area (Å²) in [7, 11) is 1.66. The highest BCUT2D eigenvalue weighted by Gasteiger charge is 2.07. The number of nitro groups is 1. The van der Waals surface area contributed by atoms with Gasteiger partial charge in [0.15, 0.2) is 0 Å². The van der Waals surface area contributed by atoms with Crippen molar-refractivity contribution in [2.75, 3.05) is 12.4 Å². The Morgan fingerprint density at radius 3 is 2.75 bits per heavy atom. The second kappa shape index (κ2) is 3.40. The minimum Gasteiger partial charge on any atom is -0.387 e. The van der Waals surface area contributed by atoms with E-state index in [1.165, 1.54) is 18.2 Å². The molecule has 0 radical (unpaired) electrons.